The summed E-state index contributed by atoms with van der Waals surface area (Å²) in [5.41, 5.74) is 1.91. The number of nitrogens with zero attached hydrogens (tertiary/aromatic N) is 6. The average Bonchev–Trinajstić information content (AvgIpc) is 3.08. The van der Waals surface area contributed by atoms with Crippen LogP contribution in [0.2, 0.25) is 0 Å². The van der Waals surface area contributed by atoms with Gasteiger partial charge in [-0.15, -0.1) is 0 Å². The molecular formula is C19H22N6O2. The van der Waals surface area contributed by atoms with Crippen LogP contribution in [-0.4, -0.2) is 30.9 Å². The highest BCUT2D eigenvalue weighted by Crippen LogP contribution is 2.29. The van der Waals surface area contributed by atoms with Crippen LogP contribution in [0, 0.1) is 0 Å². The number of rotatable bonds is 3. The van der Waals surface area contributed by atoms with Gasteiger partial charge >= 0.3 is 5.69 Å². The number of hydrogen-bond acceptors (Lipinski definition) is 5. The van der Waals surface area contributed by atoms with Gasteiger partial charge in [0.25, 0.3) is 5.56 Å². The highest BCUT2D eigenvalue weighted by atomic mass is 16.2. The highest BCUT2D eigenvalue weighted by molar-refractivity contribution is 5.90. The summed E-state index contributed by atoms with van der Waals surface area (Å²) in [5.74, 6) is 0.593. The van der Waals surface area contributed by atoms with Gasteiger partial charge in [0.2, 0.25) is 5.95 Å². The number of fused-ring (bicyclic) bond motifs is 3. The monoisotopic (exact) mass is 366 g/mol. The van der Waals surface area contributed by atoms with Crippen LogP contribution in [0.1, 0.15) is 32.4 Å². The fourth-order valence-electron chi connectivity index (χ4n) is 3.50. The molecule has 0 unspecified atom stereocenters. The molecule has 0 amide bonds. The third-order valence-electron chi connectivity index (χ3n) is 5.14. The van der Waals surface area contributed by atoms with Crippen LogP contribution in [0.15, 0.2) is 45.0 Å². The van der Waals surface area contributed by atoms with E-state index in [1.165, 1.54) is 9.13 Å². The van der Waals surface area contributed by atoms with E-state index in [1.54, 1.807) is 12.1 Å². The lowest BCUT2D eigenvalue weighted by Crippen LogP contribution is -2.40. The van der Waals surface area contributed by atoms with Crippen molar-refractivity contribution in [3.8, 4) is 0 Å². The summed E-state index contributed by atoms with van der Waals surface area (Å²) in [6.07, 6.45) is 0. The molecule has 8 heteroatoms. The van der Waals surface area contributed by atoms with Gasteiger partial charge in [-0.2, -0.15) is 10.1 Å². The summed E-state index contributed by atoms with van der Waals surface area (Å²) in [4.78, 5) is 30.8. The minimum absolute atomic E-state index is 0.108. The predicted octanol–water partition coefficient (Wildman–Crippen LogP) is 1.72. The lowest BCUT2D eigenvalue weighted by molar-refractivity contribution is 0.631. The van der Waals surface area contributed by atoms with Crippen LogP contribution in [0.5, 0.6) is 0 Å². The van der Waals surface area contributed by atoms with Gasteiger partial charge in [0.1, 0.15) is 0 Å². The van der Waals surface area contributed by atoms with E-state index in [1.807, 2.05) is 55.7 Å². The van der Waals surface area contributed by atoms with Crippen molar-refractivity contribution in [1.29, 1.82) is 0 Å². The molecule has 1 aliphatic heterocycles. The molecule has 2 aromatic heterocycles. The molecule has 1 atom stereocenters. The van der Waals surface area contributed by atoms with Crippen molar-refractivity contribution in [2.75, 3.05) is 11.6 Å². The largest absolute Gasteiger partial charge is 0.332 e. The van der Waals surface area contributed by atoms with Crippen molar-refractivity contribution in [1.82, 2.24) is 18.7 Å². The Balaban J connectivity index is 2.02. The molecule has 3 aromatic rings. The normalized spacial score (nSPS) is 16.5. The topological polar surface area (TPSA) is 77.4 Å². The molecule has 0 saturated carbocycles. The zero-order chi connectivity index (χ0) is 19.3. The molecule has 8 nitrogen and oxygen atoms in total. The third-order valence-corrected chi connectivity index (χ3v) is 5.14. The number of aromatic nitrogens is 4. The minimum Gasteiger partial charge on any atom is -0.294 e. The quantitative estimate of drug-likeness (QED) is 0.707. The van der Waals surface area contributed by atoms with E-state index in [-0.39, 0.29) is 23.8 Å². The van der Waals surface area contributed by atoms with E-state index in [0.29, 0.717) is 23.7 Å². The Morgan fingerprint density at radius 3 is 2.52 bits per heavy atom. The molecule has 0 N–H and O–H groups in total. The number of imidazole rings is 1. The van der Waals surface area contributed by atoms with Crippen molar-refractivity contribution in [2.24, 2.45) is 12.1 Å². The van der Waals surface area contributed by atoms with Crippen LogP contribution < -0.4 is 16.3 Å². The minimum atomic E-state index is -0.375. The zero-order valence-electron chi connectivity index (χ0n) is 15.9. The maximum Gasteiger partial charge on any atom is 0.332 e. The van der Waals surface area contributed by atoms with Crippen LogP contribution >= 0.6 is 0 Å². The third kappa shape index (κ3) is 2.51. The first-order valence-electron chi connectivity index (χ1n) is 9.02. The smallest absolute Gasteiger partial charge is 0.294 e. The average molecular weight is 366 g/mol. The van der Waals surface area contributed by atoms with Crippen molar-refractivity contribution in [3.63, 3.8) is 0 Å². The molecule has 0 bridgehead atoms. The van der Waals surface area contributed by atoms with Gasteiger partial charge in [-0.05, 0) is 26.3 Å². The number of anilines is 1. The van der Waals surface area contributed by atoms with Gasteiger partial charge in [-0.25, -0.2) is 9.80 Å². The van der Waals surface area contributed by atoms with Crippen molar-refractivity contribution in [2.45, 2.75) is 33.4 Å². The summed E-state index contributed by atoms with van der Waals surface area (Å²) < 4.78 is 4.61. The first kappa shape index (κ1) is 17.3. The Bertz CT molecular complexity index is 1170. The predicted molar refractivity (Wildman–Crippen MR) is 106 cm³/mol. The van der Waals surface area contributed by atoms with Crippen molar-refractivity contribution < 1.29 is 0 Å². The summed E-state index contributed by atoms with van der Waals surface area (Å²) >= 11 is 0. The van der Waals surface area contributed by atoms with E-state index in [2.05, 4.69) is 10.1 Å². The molecule has 27 heavy (non-hydrogen) atoms. The number of hydrazone groups is 1. The number of aryl methyl sites for hydroxylation is 1. The van der Waals surface area contributed by atoms with Crippen LogP contribution in [0.4, 0.5) is 5.95 Å². The second-order valence-corrected chi connectivity index (χ2v) is 6.81. The molecular weight excluding hydrogens is 344 g/mol. The maximum absolute atomic E-state index is 13.3. The Hall–Kier alpha value is -3.16. The van der Waals surface area contributed by atoms with Gasteiger partial charge in [-0.1, -0.05) is 30.3 Å². The van der Waals surface area contributed by atoms with E-state index in [9.17, 15) is 9.59 Å². The van der Waals surface area contributed by atoms with Crippen molar-refractivity contribution >= 4 is 22.8 Å². The maximum atomic E-state index is 13.3. The molecule has 4 rings (SSSR count). The molecule has 0 aliphatic carbocycles. The van der Waals surface area contributed by atoms with Gasteiger partial charge in [0.05, 0.1) is 18.3 Å². The Labute approximate surface area is 156 Å². The summed E-state index contributed by atoms with van der Waals surface area (Å²) in [6, 6.07) is 9.39. The molecule has 0 fully saturated rings. The van der Waals surface area contributed by atoms with Crippen LogP contribution in [0.3, 0.4) is 0 Å². The van der Waals surface area contributed by atoms with Crippen molar-refractivity contribution in [3.05, 3.63) is 56.7 Å². The van der Waals surface area contributed by atoms with Gasteiger partial charge in [0.15, 0.2) is 11.2 Å². The molecule has 1 aliphatic rings. The molecule has 0 saturated heterocycles. The Morgan fingerprint density at radius 1 is 1.15 bits per heavy atom. The van der Waals surface area contributed by atoms with Gasteiger partial charge < -0.3 is 0 Å². The second-order valence-electron chi connectivity index (χ2n) is 6.81. The first-order chi connectivity index (χ1) is 12.9. The molecule has 0 radical (unpaired) electrons. The summed E-state index contributed by atoms with van der Waals surface area (Å²) in [7, 11) is 1.65. The van der Waals surface area contributed by atoms with E-state index in [4.69, 9.17) is 0 Å². The number of hydrogen-bond donors (Lipinski definition) is 0. The number of benzene rings is 1. The molecule has 1 aromatic carbocycles. The fraction of sp³-hybridized carbons (Fsp3) is 0.368. The highest BCUT2D eigenvalue weighted by Gasteiger charge is 2.29. The van der Waals surface area contributed by atoms with E-state index >= 15 is 0 Å². The first-order valence-corrected chi connectivity index (χ1v) is 9.02. The summed E-state index contributed by atoms with van der Waals surface area (Å²) in [6.45, 7) is 6.75. The fourth-order valence-corrected chi connectivity index (χ4v) is 3.50. The molecule has 0 spiro atoms. The molecule has 140 valence electrons. The van der Waals surface area contributed by atoms with Gasteiger partial charge in [0, 0.05) is 13.6 Å². The zero-order valence-corrected chi connectivity index (χ0v) is 15.9. The Morgan fingerprint density at radius 2 is 1.85 bits per heavy atom. The lowest BCUT2D eigenvalue weighted by Gasteiger charge is -2.28. The second kappa shape index (κ2) is 6.22. The lowest BCUT2D eigenvalue weighted by atomic mass is 10.2. The van der Waals surface area contributed by atoms with E-state index in [0.717, 1.165) is 11.3 Å². The summed E-state index contributed by atoms with van der Waals surface area (Å²) in [5, 5.41) is 6.33. The van der Waals surface area contributed by atoms with E-state index < -0.39 is 0 Å². The molecule has 3 heterocycles. The van der Waals surface area contributed by atoms with Gasteiger partial charge in [-0.3, -0.25) is 18.5 Å². The SMILES string of the molecule is CCN1N=C(C)[C@@H](C)n2c1nc1c2c(=O)n(Cc2ccccc2)c(=O)n1C. The van der Waals surface area contributed by atoms with Crippen LogP contribution in [0.25, 0.3) is 11.2 Å². The standard InChI is InChI=1S/C19H22N6O2/c1-5-24-18-20-16-15(25(18)13(3)12(2)21-24)17(26)23(19(27)22(16)4)11-14-9-7-6-8-10-14/h6-10,13H,5,11H2,1-4H3/t13-/m1/s1. The Kier molecular flexibility index (Phi) is 3.98. The van der Waals surface area contributed by atoms with Crippen LogP contribution in [-0.2, 0) is 13.6 Å².